The van der Waals surface area contributed by atoms with Crippen LogP contribution in [-0.4, -0.2) is 38.5 Å². The van der Waals surface area contributed by atoms with E-state index in [1.54, 1.807) is 54.6 Å². The molecule has 1 amide bonds. The second kappa shape index (κ2) is 10.2. The fourth-order valence-electron chi connectivity index (χ4n) is 3.19. The number of ether oxygens (including phenoxy) is 2. The largest absolute Gasteiger partial charge is 0.497 e. The molecule has 0 spiro atoms. The number of nitrogens with one attached hydrogen (secondary N) is 1. The van der Waals surface area contributed by atoms with Crippen LogP contribution in [0.4, 0.5) is 11.4 Å². The minimum absolute atomic E-state index is 0.0109. The number of rotatable bonds is 8. The summed E-state index contributed by atoms with van der Waals surface area (Å²) < 4.78 is 38.3. The number of hydrogen-bond acceptors (Lipinski definition) is 7. The number of benzene rings is 3. The minimum atomic E-state index is -3.90. The Morgan fingerprint density at radius 3 is 2.43 bits per heavy atom. The molecule has 0 radical (unpaired) electrons. The maximum atomic E-state index is 13.2. The Morgan fingerprint density at radius 1 is 0.943 bits per heavy atom. The van der Waals surface area contributed by atoms with Gasteiger partial charge in [0.2, 0.25) is 5.88 Å². The zero-order valence-electron chi connectivity index (χ0n) is 19.0. The Labute approximate surface area is 203 Å². The lowest BCUT2D eigenvalue weighted by Gasteiger charge is -2.20. The minimum Gasteiger partial charge on any atom is -0.497 e. The molecular formula is C25H22N4O5S. The molecule has 0 atom stereocenters. The first kappa shape index (κ1) is 23.7. The van der Waals surface area contributed by atoms with Crippen molar-refractivity contribution in [2.24, 2.45) is 0 Å². The Morgan fingerprint density at radius 2 is 1.71 bits per heavy atom. The molecule has 0 aliphatic rings. The highest BCUT2D eigenvalue weighted by Crippen LogP contribution is 2.26. The van der Waals surface area contributed by atoms with Crippen molar-refractivity contribution in [3.63, 3.8) is 0 Å². The molecule has 4 rings (SSSR count). The Bertz CT molecular complexity index is 1430. The van der Waals surface area contributed by atoms with E-state index < -0.39 is 15.9 Å². The molecule has 35 heavy (non-hydrogen) atoms. The Balaban J connectivity index is 1.51. The molecule has 1 heterocycles. The number of methoxy groups -OCH3 is 1. The summed E-state index contributed by atoms with van der Waals surface area (Å²) in [7, 11) is -0.916. The predicted octanol–water partition coefficient (Wildman–Crippen LogP) is 4.35. The zero-order chi connectivity index (χ0) is 24.8. The van der Waals surface area contributed by atoms with Crippen LogP contribution in [0, 0.1) is 0 Å². The summed E-state index contributed by atoms with van der Waals surface area (Å²) in [4.78, 5) is 20.9. The summed E-state index contributed by atoms with van der Waals surface area (Å²) in [5.41, 5.74) is 1.12. The van der Waals surface area contributed by atoms with Crippen LogP contribution in [0.1, 0.15) is 10.4 Å². The van der Waals surface area contributed by atoms with Gasteiger partial charge >= 0.3 is 0 Å². The van der Waals surface area contributed by atoms with Crippen molar-refractivity contribution in [1.82, 2.24) is 9.97 Å². The number of aromatic nitrogens is 2. The van der Waals surface area contributed by atoms with Crippen molar-refractivity contribution in [1.29, 1.82) is 0 Å². The van der Waals surface area contributed by atoms with Crippen molar-refractivity contribution >= 4 is 27.3 Å². The van der Waals surface area contributed by atoms with Gasteiger partial charge in [0.1, 0.15) is 11.5 Å². The quantitative estimate of drug-likeness (QED) is 0.391. The standard InChI is InChI=1S/C25H22N4O5S/c1-29(20-9-11-21(33-2)12-10-20)35(31,32)23-8-3-5-18(15-23)25(30)28-19-6-4-7-22(16-19)34-24-17-26-13-14-27-24/h3-17H,1-2H3,(H,28,30). The molecule has 1 N–H and O–H groups in total. The molecule has 1 aromatic heterocycles. The summed E-state index contributed by atoms with van der Waals surface area (Å²) >= 11 is 0. The van der Waals surface area contributed by atoms with Crippen LogP contribution in [0.3, 0.4) is 0 Å². The molecule has 0 fully saturated rings. The van der Waals surface area contributed by atoms with E-state index in [4.69, 9.17) is 9.47 Å². The van der Waals surface area contributed by atoms with E-state index in [-0.39, 0.29) is 10.5 Å². The normalized spacial score (nSPS) is 10.9. The average Bonchev–Trinajstić information content (AvgIpc) is 2.89. The molecule has 3 aromatic carbocycles. The number of sulfonamides is 1. The molecule has 178 valence electrons. The summed E-state index contributed by atoms with van der Waals surface area (Å²) in [5, 5.41) is 2.76. The third-order valence-electron chi connectivity index (χ3n) is 5.04. The molecule has 0 saturated carbocycles. The molecular weight excluding hydrogens is 468 g/mol. The van der Waals surface area contributed by atoms with Gasteiger partial charge in [-0.15, -0.1) is 0 Å². The number of amides is 1. The molecule has 9 nitrogen and oxygen atoms in total. The molecule has 10 heteroatoms. The first-order chi connectivity index (χ1) is 16.9. The summed E-state index contributed by atoms with van der Waals surface area (Å²) in [6.07, 6.45) is 4.51. The van der Waals surface area contributed by atoms with Crippen molar-refractivity contribution < 1.29 is 22.7 Å². The Kier molecular flexibility index (Phi) is 6.93. The first-order valence-corrected chi connectivity index (χ1v) is 11.9. The van der Waals surface area contributed by atoms with Crippen LogP contribution in [-0.2, 0) is 10.0 Å². The van der Waals surface area contributed by atoms with Crippen molar-refractivity contribution in [3.05, 3.63) is 97.0 Å². The predicted molar refractivity (Wildman–Crippen MR) is 132 cm³/mol. The van der Waals surface area contributed by atoms with Gasteiger partial charge in [0.25, 0.3) is 15.9 Å². The maximum Gasteiger partial charge on any atom is 0.264 e. The van der Waals surface area contributed by atoms with Gasteiger partial charge in [0, 0.05) is 36.8 Å². The fourth-order valence-corrected chi connectivity index (χ4v) is 4.43. The second-order valence-electron chi connectivity index (χ2n) is 7.33. The topological polar surface area (TPSA) is 111 Å². The first-order valence-electron chi connectivity index (χ1n) is 10.4. The Hall–Kier alpha value is -4.44. The van der Waals surface area contributed by atoms with Crippen LogP contribution in [0.25, 0.3) is 0 Å². The van der Waals surface area contributed by atoms with E-state index in [2.05, 4.69) is 15.3 Å². The lowest BCUT2D eigenvalue weighted by molar-refractivity contribution is 0.102. The van der Waals surface area contributed by atoms with Crippen molar-refractivity contribution in [2.75, 3.05) is 23.8 Å². The van der Waals surface area contributed by atoms with Gasteiger partial charge < -0.3 is 14.8 Å². The smallest absolute Gasteiger partial charge is 0.264 e. The fraction of sp³-hybridized carbons (Fsp3) is 0.0800. The highest BCUT2D eigenvalue weighted by atomic mass is 32.2. The summed E-state index contributed by atoms with van der Waals surface area (Å²) in [6, 6.07) is 19.2. The van der Waals surface area contributed by atoms with Crippen LogP contribution in [0.15, 0.2) is 96.3 Å². The highest BCUT2D eigenvalue weighted by molar-refractivity contribution is 7.92. The van der Waals surface area contributed by atoms with Crippen LogP contribution in [0.5, 0.6) is 17.4 Å². The molecule has 0 aliphatic heterocycles. The zero-order valence-corrected chi connectivity index (χ0v) is 19.8. The van der Waals surface area contributed by atoms with Gasteiger partial charge in [0.15, 0.2) is 0 Å². The number of anilines is 2. The molecule has 0 aliphatic carbocycles. The van der Waals surface area contributed by atoms with Crippen LogP contribution >= 0.6 is 0 Å². The molecule has 0 saturated heterocycles. The van der Waals surface area contributed by atoms with Crippen molar-refractivity contribution in [3.8, 4) is 17.4 Å². The average molecular weight is 491 g/mol. The third kappa shape index (κ3) is 5.56. The van der Waals surface area contributed by atoms with Gasteiger partial charge in [-0.3, -0.25) is 14.1 Å². The molecule has 0 unspecified atom stereocenters. The van der Waals surface area contributed by atoms with Gasteiger partial charge in [-0.05, 0) is 54.6 Å². The number of carbonyl (C=O) groups excluding carboxylic acids is 1. The lowest BCUT2D eigenvalue weighted by atomic mass is 10.2. The van der Waals surface area contributed by atoms with Gasteiger partial charge in [-0.1, -0.05) is 12.1 Å². The lowest BCUT2D eigenvalue weighted by Crippen LogP contribution is -2.26. The van der Waals surface area contributed by atoms with E-state index in [9.17, 15) is 13.2 Å². The molecule has 4 aromatic rings. The summed E-state index contributed by atoms with van der Waals surface area (Å²) in [6.45, 7) is 0. The van der Waals surface area contributed by atoms with E-state index in [0.717, 1.165) is 4.31 Å². The monoisotopic (exact) mass is 490 g/mol. The van der Waals surface area contributed by atoms with Crippen LogP contribution in [0.2, 0.25) is 0 Å². The van der Waals surface area contributed by atoms with Gasteiger partial charge in [-0.2, -0.15) is 0 Å². The van der Waals surface area contributed by atoms with Gasteiger partial charge in [0.05, 0.1) is 23.9 Å². The highest BCUT2D eigenvalue weighted by Gasteiger charge is 2.22. The summed E-state index contributed by atoms with van der Waals surface area (Å²) in [5.74, 6) is 0.922. The van der Waals surface area contributed by atoms with E-state index in [1.165, 1.54) is 50.9 Å². The third-order valence-corrected chi connectivity index (χ3v) is 6.83. The number of nitrogens with zero attached hydrogens (tertiary/aromatic N) is 3. The van der Waals surface area contributed by atoms with E-state index in [0.29, 0.717) is 28.8 Å². The van der Waals surface area contributed by atoms with Gasteiger partial charge in [-0.25, -0.2) is 13.4 Å². The van der Waals surface area contributed by atoms with Crippen LogP contribution < -0.4 is 19.1 Å². The molecule has 0 bridgehead atoms. The SMILES string of the molecule is COc1ccc(N(C)S(=O)(=O)c2cccc(C(=O)Nc3cccc(Oc4cnccn4)c3)c2)cc1. The van der Waals surface area contributed by atoms with E-state index in [1.807, 2.05) is 0 Å². The maximum absolute atomic E-state index is 13.2. The number of carbonyl (C=O) groups is 1. The van der Waals surface area contributed by atoms with Crippen molar-refractivity contribution in [2.45, 2.75) is 4.90 Å². The van der Waals surface area contributed by atoms with E-state index >= 15 is 0 Å². The number of hydrogen-bond donors (Lipinski definition) is 1. The second-order valence-corrected chi connectivity index (χ2v) is 9.30.